The summed E-state index contributed by atoms with van der Waals surface area (Å²) in [5, 5.41) is 0. The molecule has 2 atom stereocenters. The van der Waals surface area contributed by atoms with Gasteiger partial charge in [0.15, 0.2) is 0 Å². The summed E-state index contributed by atoms with van der Waals surface area (Å²) in [5.74, 6) is 2.56. The molecule has 0 N–H and O–H groups in total. The minimum atomic E-state index is 0.717. The van der Waals surface area contributed by atoms with Crippen molar-refractivity contribution in [2.75, 3.05) is 18.2 Å². The van der Waals surface area contributed by atoms with E-state index in [0.29, 0.717) is 12.1 Å². The van der Waals surface area contributed by atoms with Crippen molar-refractivity contribution >= 4 is 11.8 Å². The van der Waals surface area contributed by atoms with E-state index in [-0.39, 0.29) is 0 Å². The Labute approximate surface area is 137 Å². The van der Waals surface area contributed by atoms with Crippen LogP contribution in [0, 0.1) is 0 Å². The second-order valence-electron chi connectivity index (χ2n) is 6.28. The highest BCUT2D eigenvalue weighted by atomic mass is 32.2. The number of hydrogen-bond donors (Lipinski definition) is 0. The van der Waals surface area contributed by atoms with Crippen LogP contribution >= 0.6 is 11.8 Å². The van der Waals surface area contributed by atoms with Crippen molar-refractivity contribution in [1.82, 2.24) is 9.80 Å². The molecule has 4 rings (SSSR count). The molecule has 2 fully saturated rings. The molecule has 2 aliphatic heterocycles. The lowest BCUT2D eigenvalue weighted by Crippen LogP contribution is -2.35. The molecular weight excluding hydrogens is 288 g/mol. The molecular formula is C19H22N2S. The Morgan fingerprint density at radius 3 is 1.64 bits per heavy atom. The number of thioether (sulfide) groups is 1. The molecule has 0 saturated carbocycles. The number of benzene rings is 2. The molecule has 2 heterocycles. The van der Waals surface area contributed by atoms with Gasteiger partial charge < -0.3 is 0 Å². The van der Waals surface area contributed by atoms with Gasteiger partial charge in [0.2, 0.25) is 0 Å². The van der Waals surface area contributed by atoms with Crippen LogP contribution in [0.15, 0.2) is 60.7 Å². The Bertz CT molecular complexity index is 548. The summed E-state index contributed by atoms with van der Waals surface area (Å²) in [7, 11) is 0. The molecule has 3 heteroatoms. The summed E-state index contributed by atoms with van der Waals surface area (Å²) < 4.78 is 0. The second-order valence-corrected chi connectivity index (χ2v) is 7.35. The molecule has 0 radical (unpaired) electrons. The van der Waals surface area contributed by atoms with Crippen LogP contribution in [0.5, 0.6) is 0 Å². The summed E-state index contributed by atoms with van der Waals surface area (Å²) in [5.41, 5.74) is 2.86. The fourth-order valence-corrected chi connectivity index (χ4v) is 5.13. The van der Waals surface area contributed by atoms with Crippen LogP contribution in [-0.4, -0.2) is 40.1 Å². The monoisotopic (exact) mass is 310 g/mol. The second kappa shape index (κ2) is 6.45. The van der Waals surface area contributed by atoms with Gasteiger partial charge >= 0.3 is 0 Å². The Morgan fingerprint density at radius 1 is 0.727 bits per heavy atom. The van der Waals surface area contributed by atoms with Crippen molar-refractivity contribution in [2.24, 2.45) is 0 Å². The van der Waals surface area contributed by atoms with Crippen molar-refractivity contribution in [3.05, 3.63) is 71.8 Å². The van der Waals surface area contributed by atoms with E-state index >= 15 is 0 Å². The largest absolute Gasteiger partial charge is 0.281 e. The highest BCUT2D eigenvalue weighted by Crippen LogP contribution is 2.34. The van der Waals surface area contributed by atoms with E-state index in [1.165, 1.54) is 22.6 Å². The average Bonchev–Trinajstić information content (AvgIpc) is 3.15. The fourth-order valence-electron chi connectivity index (χ4n) is 3.64. The number of fused-ring (bicyclic) bond motifs is 1. The average molecular weight is 310 g/mol. The number of rotatable bonds is 4. The van der Waals surface area contributed by atoms with Gasteiger partial charge in [-0.05, 0) is 11.1 Å². The lowest BCUT2D eigenvalue weighted by molar-refractivity contribution is 0.210. The Morgan fingerprint density at radius 2 is 1.18 bits per heavy atom. The van der Waals surface area contributed by atoms with Gasteiger partial charge in [-0.25, -0.2) is 0 Å². The van der Waals surface area contributed by atoms with Crippen LogP contribution in [-0.2, 0) is 13.1 Å². The Kier molecular flexibility index (Phi) is 4.20. The minimum Gasteiger partial charge on any atom is -0.281 e. The number of nitrogens with zero attached hydrogens (tertiary/aromatic N) is 2. The van der Waals surface area contributed by atoms with Crippen molar-refractivity contribution in [2.45, 2.75) is 25.2 Å². The molecule has 0 aliphatic carbocycles. The first-order chi connectivity index (χ1) is 10.9. The summed E-state index contributed by atoms with van der Waals surface area (Å²) in [6.45, 7) is 3.25. The molecule has 0 bridgehead atoms. The highest BCUT2D eigenvalue weighted by molar-refractivity contribution is 7.99. The molecule has 114 valence electrons. The fraction of sp³-hybridized carbons (Fsp3) is 0.368. The SMILES string of the molecule is c1ccc(CN2CN(Cc3ccccc3)C3CSCC32)cc1. The third-order valence-electron chi connectivity index (χ3n) is 4.78. The first-order valence-corrected chi connectivity index (χ1v) is 9.19. The molecule has 0 spiro atoms. The van der Waals surface area contributed by atoms with Gasteiger partial charge in [-0.3, -0.25) is 9.80 Å². The topological polar surface area (TPSA) is 6.48 Å². The van der Waals surface area contributed by atoms with Gasteiger partial charge in [-0.1, -0.05) is 60.7 Å². The van der Waals surface area contributed by atoms with Gasteiger partial charge in [0, 0.05) is 36.7 Å². The Hall–Kier alpha value is -1.29. The van der Waals surface area contributed by atoms with Gasteiger partial charge in [0.05, 0.1) is 6.67 Å². The van der Waals surface area contributed by atoms with Crippen LogP contribution < -0.4 is 0 Å². The van der Waals surface area contributed by atoms with Crippen molar-refractivity contribution in [3.8, 4) is 0 Å². The van der Waals surface area contributed by atoms with Crippen LogP contribution in [0.3, 0.4) is 0 Å². The van der Waals surface area contributed by atoms with E-state index in [2.05, 4.69) is 82.2 Å². The predicted octanol–water partition coefficient (Wildman–Crippen LogP) is 3.45. The van der Waals surface area contributed by atoms with Gasteiger partial charge in [-0.15, -0.1) is 0 Å². The lowest BCUT2D eigenvalue weighted by atomic mass is 10.1. The van der Waals surface area contributed by atoms with Gasteiger partial charge in [0.1, 0.15) is 0 Å². The van der Waals surface area contributed by atoms with Gasteiger partial charge in [-0.2, -0.15) is 11.8 Å². The zero-order valence-corrected chi connectivity index (χ0v) is 13.6. The van der Waals surface area contributed by atoms with E-state index < -0.39 is 0 Å². The standard InChI is InChI=1S/C19H22N2S/c1-3-7-16(8-4-1)11-20-15-21(19-14-22-13-18(19)20)12-17-9-5-2-6-10-17/h1-10,18-19H,11-15H2. The number of hydrogen-bond acceptors (Lipinski definition) is 3. The molecule has 2 nitrogen and oxygen atoms in total. The molecule has 2 aromatic rings. The van der Waals surface area contributed by atoms with Crippen molar-refractivity contribution in [3.63, 3.8) is 0 Å². The quantitative estimate of drug-likeness (QED) is 0.854. The maximum atomic E-state index is 2.67. The zero-order chi connectivity index (χ0) is 14.8. The Balaban J connectivity index is 1.48. The van der Waals surface area contributed by atoms with Crippen molar-refractivity contribution in [1.29, 1.82) is 0 Å². The van der Waals surface area contributed by atoms with Crippen LogP contribution in [0.1, 0.15) is 11.1 Å². The zero-order valence-electron chi connectivity index (χ0n) is 12.8. The molecule has 0 aromatic heterocycles. The summed E-state index contributed by atoms with van der Waals surface area (Å²) >= 11 is 2.11. The molecule has 2 unspecified atom stereocenters. The predicted molar refractivity (Wildman–Crippen MR) is 93.7 cm³/mol. The lowest BCUT2D eigenvalue weighted by Gasteiger charge is -2.22. The maximum absolute atomic E-state index is 2.67. The highest BCUT2D eigenvalue weighted by Gasteiger charge is 2.42. The normalized spacial score (nSPS) is 25.5. The first kappa shape index (κ1) is 14.3. The van der Waals surface area contributed by atoms with E-state index in [0.717, 1.165) is 19.8 Å². The van der Waals surface area contributed by atoms with E-state index in [1.54, 1.807) is 0 Å². The third kappa shape index (κ3) is 2.94. The first-order valence-electron chi connectivity index (χ1n) is 8.04. The van der Waals surface area contributed by atoms with E-state index in [4.69, 9.17) is 0 Å². The van der Waals surface area contributed by atoms with E-state index in [1.807, 2.05) is 0 Å². The molecule has 2 saturated heterocycles. The molecule has 0 amide bonds. The smallest absolute Gasteiger partial charge is 0.0520 e. The van der Waals surface area contributed by atoms with Crippen LogP contribution in [0.25, 0.3) is 0 Å². The maximum Gasteiger partial charge on any atom is 0.0520 e. The summed E-state index contributed by atoms with van der Waals surface area (Å²) in [4.78, 5) is 5.34. The minimum absolute atomic E-state index is 0.717. The van der Waals surface area contributed by atoms with Crippen LogP contribution in [0.2, 0.25) is 0 Å². The van der Waals surface area contributed by atoms with Crippen molar-refractivity contribution < 1.29 is 0 Å². The van der Waals surface area contributed by atoms with E-state index in [9.17, 15) is 0 Å². The molecule has 2 aromatic carbocycles. The molecule has 2 aliphatic rings. The third-order valence-corrected chi connectivity index (χ3v) is 5.93. The summed E-state index contributed by atoms with van der Waals surface area (Å²) in [6, 6.07) is 23.2. The van der Waals surface area contributed by atoms with Crippen LogP contribution in [0.4, 0.5) is 0 Å². The molecule has 22 heavy (non-hydrogen) atoms. The summed E-state index contributed by atoms with van der Waals surface area (Å²) in [6.07, 6.45) is 0. The van der Waals surface area contributed by atoms with Gasteiger partial charge in [0.25, 0.3) is 0 Å².